The first-order valence-corrected chi connectivity index (χ1v) is 15.0. The Kier molecular flexibility index (Phi) is 11.6. The molecular weight excluding hydrogens is 279 g/mol. The van der Waals surface area contributed by atoms with Gasteiger partial charge >= 0.3 is 130 Å². The number of unbranched alkanes of at least 4 members (excludes halogenated alkanes) is 3. The van der Waals surface area contributed by atoms with Gasteiger partial charge in [0.15, 0.2) is 0 Å². The molecule has 0 saturated carbocycles. The average Bonchev–Trinajstić information content (AvgIpc) is 2.40. The average molecular weight is 321 g/mol. The first kappa shape index (κ1) is 20.6. The zero-order chi connectivity index (χ0) is 15.5. The molecule has 0 aliphatic carbocycles. The molecule has 20 heavy (non-hydrogen) atoms. The van der Waals surface area contributed by atoms with E-state index in [1.54, 1.807) is 18.5 Å². The Morgan fingerprint density at radius 2 is 1.15 bits per heavy atom. The van der Waals surface area contributed by atoms with Crippen LogP contribution in [0, 0.1) is 0 Å². The van der Waals surface area contributed by atoms with Crippen LogP contribution in [-0.2, 0) is 4.43 Å². The topological polar surface area (TPSA) is 9.23 Å². The van der Waals surface area contributed by atoms with Gasteiger partial charge in [-0.1, -0.05) is 0 Å². The third-order valence-electron chi connectivity index (χ3n) is 4.52. The maximum atomic E-state index is 6.20. The third kappa shape index (κ3) is 8.80. The normalized spacial score (nSPS) is 13.7. The van der Waals surface area contributed by atoms with E-state index in [1.165, 1.54) is 44.3 Å². The summed E-state index contributed by atoms with van der Waals surface area (Å²) in [7, 11) is -2.52. The second kappa shape index (κ2) is 11.2. The molecule has 0 aromatic rings. The van der Waals surface area contributed by atoms with Crippen molar-refractivity contribution >= 4 is 15.6 Å². The first-order valence-electron chi connectivity index (χ1n) is 9.09. The van der Waals surface area contributed by atoms with Gasteiger partial charge in [0.2, 0.25) is 0 Å². The van der Waals surface area contributed by atoms with Crippen molar-refractivity contribution in [2.45, 2.75) is 79.3 Å². The number of hydrogen-bond acceptors (Lipinski definition) is 1. The van der Waals surface area contributed by atoms with Gasteiger partial charge in [-0.25, -0.2) is 0 Å². The number of hydrogen-bond donors (Lipinski definition) is 0. The van der Waals surface area contributed by atoms with Crippen molar-refractivity contribution in [3.8, 4) is 0 Å². The van der Waals surface area contributed by atoms with Crippen molar-refractivity contribution in [3.05, 3.63) is 0 Å². The van der Waals surface area contributed by atoms with Crippen molar-refractivity contribution in [2.24, 2.45) is 0 Å². The van der Waals surface area contributed by atoms with E-state index in [0.717, 1.165) is 6.61 Å². The van der Waals surface area contributed by atoms with Crippen molar-refractivity contribution in [1.82, 2.24) is 0 Å². The summed E-state index contributed by atoms with van der Waals surface area (Å²) in [5.74, 6) is 1.51. The van der Waals surface area contributed by atoms with Crippen LogP contribution in [0.5, 0.6) is 0 Å². The predicted octanol–water partition coefficient (Wildman–Crippen LogP) is 5.92. The minimum absolute atomic E-state index is 0.916. The Morgan fingerprint density at radius 3 is 1.45 bits per heavy atom. The molecule has 124 valence electrons. The molecular formula is C17H41OPSi. The molecule has 0 spiro atoms. The van der Waals surface area contributed by atoms with Crippen molar-refractivity contribution in [1.29, 1.82) is 0 Å². The Labute approximate surface area is 130 Å². The molecule has 0 heterocycles. The fourth-order valence-electron chi connectivity index (χ4n) is 3.64. The van der Waals surface area contributed by atoms with E-state index in [-0.39, 0.29) is 0 Å². The van der Waals surface area contributed by atoms with Crippen molar-refractivity contribution in [3.63, 3.8) is 0 Å². The molecule has 0 radical (unpaired) electrons. The van der Waals surface area contributed by atoms with E-state index >= 15 is 0 Å². The zero-order valence-corrected chi connectivity index (χ0v) is 17.2. The molecule has 0 aliphatic rings. The number of rotatable bonds is 13. The fraction of sp³-hybridized carbons (Fsp3) is 1.00. The van der Waals surface area contributed by atoms with Gasteiger partial charge in [0.1, 0.15) is 0 Å². The van der Waals surface area contributed by atoms with Crippen LogP contribution >= 0.6 is 7.26 Å². The van der Waals surface area contributed by atoms with Crippen LogP contribution in [0.25, 0.3) is 0 Å². The van der Waals surface area contributed by atoms with Gasteiger partial charge in [0, 0.05) is 0 Å². The Bertz CT molecular complexity index is 209. The van der Waals surface area contributed by atoms with E-state index < -0.39 is 15.6 Å². The zero-order valence-electron chi connectivity index (χ0n) is 15.2. The van der Waals surface area contributed by atoms with Crippen LogP contribution < -0.4 is 0 Å². The van der Waals surface area contributed by atoms with E-state index in [9.17, 15) is 0 Å². The first-order chi connectivity index (χ1) is 9.45. The summed E-state index contributed by atoms with van der Waals surface area (Å²) in [6, 6.07) is 0. The van der Waals surface area contributed by atoms with Gasteiger partial charge in [-0.3, -0.25) is 0 Å². The fourth-order valence-corrected chi connectivity index (χ4v) is 18.2. The van der Waals surface area contributed by atoms with Gasteiger partial charge in [-0.2, -0.15) is 0 Å². The molecule has 0 bridgehead atoms. The maximum absolute atomic E-state index is 6.20. The van der Waals surface area contributed by atoms with Gasteiger partial charge in [0.25, 0.3) is 0 Å². The Morgan fingerprint density at radius 1 is 0.750 bits per heavy atom. The summed E-state index contributed by atoms with van der Waals surface area (Å²) in [5, 5.41) is 0. The molecule has 0 saturated heterocycles. The summed E-state index contributed by atoms with van der Waals surface area (Å²) >= 11 is 0. The van der Waals surface area contributed by atoms with Crippen LogP contribution in [0.4, 0.5) is 0 Å². The van der Waals surface area contributed by atoms with Gasteiger partial charge in [-0.15, -0.1) is 0 Å². The standard InChI is InChI=1S/C17H41OPSi/c1-7-11-14-19(15-12-8-2,16-13-9-3)17-20(5,6)18-10-4/h19H,7-17H2,1-6H3. The Hall–Kier alpha value is 0.607. The molecule has 0 atom stereocenters. The Balaban J connectivity index is 4.91. The molecule has 0 N–H and O–H groups in total. The summed E-state index contributed by atoms with van der Waals surface area (Å²) in [4.78, 5) is 0. The molecule has 0 aromatic heterocycles. The van der Waals surface area contributed by atoms with Gasteiger partial charge in [0.05, 0.1) is 0 Å². The van der Waals surface area contributed by atoms with Crippen molar-refractivity contribution < 1.29 is 4.43 Å². The summed E-state index contributed by atoms with van der Waals surface area (Å²) in [6.45, 7) is 15.1. The summed E-state index contributed by atoms with van der Waals surface area (Å²) in [5.41, 5.74) is 0. The molecule has 0 aromatic carbocycles. The summed E-state index contributed by atoms with van der Waals surface area (Å²) in [6.07, 6.45) is 13.1. The molecule has 3 heteroatoms. The van der Waals surface area contributed by atoms with E-state index in [2.05, 4.69) is 40.8 Å². The second-order valence-corrected chi connectivity index (χ2v) is 16.9. The van der Waals surface area contributed by atoms with E-state index in [0.29, 0.717) is 0 Å². The van der Waals surface area contributed by atoms with Gasteiger partial charge < -0.3 is 0 Å². The second-order valence-electron chi connectivity index (χ2n) is 7.18. The van der Waals surface area contributed by atoms with Gasteiger partial charge in [-0.05, 0) is 0 Å². The molecule has 0 fully saturated rings. The molecule has 1 nitrogen and oxygen atoms in total. The van der Waals surface area contributed by atoms with Crippen LogP contribution in [0.3, 0.4) is 0 Å². The quantitative estimate of drug-likeness (QED) is 0.302. The predicted molar refractivity (Wildman–Crippen MR) is 102 cm³/mol. The molecule has 0 amide bonds. The summed E-state index contributed by atoms with van der Waals surface area (Å²) < 4.78 is 6.20. The van der Waals surface area contributed by atoms with E-state index in [1.807, 2.05) is 0 Å². The van der Waals surface area contributed by atoms with Crippen LogP contribution in [0.2, 0.25) is 13.1 Å². The van der Waals surface area contributed by atoms with Crippen LogP contribution in [-0.4, -0.2) is 39.2 Å². The minimum atomic E-state index is -1.43. The SMILES string of the molecule is CCCC[PH](CCCC)(CCCC)C[Si](C)(C)OCC. The third-order valence-corrected chi connectivity index (χ3v) is 16.2. The molecule has 0 rings (SSSR count). The monoisotopic (exact) mass is 320 g/mol. The molecule has 0 unspecified atom stereocenters. The van der Waals surface area contributed by atoms with Crippen LogP contribution in [0.1, 0.15) is 66.2 Å². The van der Waals surface area contributed by atoms with Crippen LogP contribution in [0.15, 0.2) is 0 Å². The molecule has 0 aliphatic heterocycles. The van der Waals surface area contributed by atoms with E-state index in [4.69, 9.17) is 4.43 Å². The van der Waals surface area contributed by atoms with Crippen molar-refractivity contribution in [2.75, 3.05) is 30.9 Å².